The summed E-state index contributed by atoms with van der Waals surface area (Å²) >= 11 is 6.10. The lowest BCUT2D eigenvalue weighted by Crippen LogP contribution is -2.50. The predicted octanol–water partition coefficient (Wildman–Crippen LogP) is 5.29. The minimum atomic E-state index is -0.454. The van der Waals surface area contributed by atoms with Crippen molar-refractivity contribution in [1.82, 2.24) is 19.8 Å². The van der Waals surface area contributed by atoms with Crippen molar-refractivity contribution in [2.24, 2.45) is 7.05 Å². The number of hydrogen-bond donors (Lipinski definition) is 1. The van der Waals surface area contributed by atoms with Crippen LogP contribution in [0.5, 0.6) is 5.75 Å². The molecule has 0 spiro atoms. The fraction of sp³-hybridized carbons (Fsp3) is 0.226. The van der Waals surface area contributed by atoms with Crippen LogP contribution in [0.2, 0.25) is 5.02 Å². The van der Waals surface area contributed by atoms with Gasteiger partial charge in [-0.1, -0.05) is 35.9 Å². The van der Waals surface area contributed by atoms with E-state index >= 15 is 0 Å². The lowest BCUT2D eigenvalue weighted by Gasteiger charge is -2.26. The van der Waals surface area contributed by atoms with Crippen molar-refractivity contribution in [3.05, 3.63) is 99.5 Å². The molecule has 11 heteroatoms. The van der Waals surface area contributed by atoms with Gasteiger partial charge in [0.2, 0.25) is 5.91 Å². The molecule has 0 atom stereocenters. The molecule has 2 aliphatic heterocycles. The number of carbonyl (C=O) groups excluding carboxylic acids is 2. The molecule has 1 aromatic heterocycles. The van der Waals surface area contributed by atoms with Crippen molar-refractivity contribution in [2.45, 2.75) is 32.7 Å². The van der Waals surface area contributed by atoms with Gasteiger partial charge in [0.05, 0.1) is 16.8 Å². The molecule has 2 aliphatic rings. The number of nitrogens with zero attached hydrogens (tertiary/aromatic N) is 5. The Bertz CT molecular complexity index is 1740. The van der Waals surface area contributed by atoms with Crippen LogP contribution in [0.1, 0.15) is 34.2 Å². The zero-order valence-electron chi connectivity index (χ0n) is 22.7. The largest absolute Gasteiger partial charge is 0.487 e. The average molecular weight is 585 g/mol. The van der Waals surface area contributed by atoms with Crippen molar-refractivity contribution >= 4 is 29.4 Å². The van der Waals surface area contributed by atoms with E-state index in [1.54, 1.807) is 24.4 Å². The van der Waals surface area contributed by atoms with Crippen LogP contribution >= 0.6 is 11.6 Å². The van der Waals surface area contributed by atoms with E-state index in [9.17, 15) is 19.2 Å². The van der Waals surface area contributed by atoms with Crippen LogP contribution < -0.4 is 15.0 Å². The van der Waals surface area contributed by atoms with Crippen LogP contribution in [0.4, 0.5) is 15.0 Å². The second-order valence-electron chi connectivity index (χ2n) is 10.3. The first kappa shape index (κ1) is 27.4. The zero-order chi connectivity index (χ0) is 29.4. The third-order valence-electron chi connectivity index (χ3n) is 7.55. The van der Waals surface area contributed by atoms with Crippen molar-refractivity contribution in [2.75, 3.05) is 11.4 Å². The van der Waals surface area contributed by atoms with Gasteiger partial charge in [-0.3, -0.25) is 19.9 Å². The number of nitriles is 1. The third-order valence-corrected chi connectivity index (χ3v) is 7.90. The van der Waals surface area contributed by atoms with E-state index in [2.05, 4.69) is 33.4 Å². The van der Waals surface area contributed by atoms with E-state index in [1.165, 1.54) is 28.2 Å². The Morgan fingerprint density at radius 2 is 1.95 bits per heavy atom. The van der Waals surface area contributed by atoms with Crippen LogP contribution in [0.15, 0.2) is 60.8 Å². The minimum Gasteiger partial charge on any atom is -0.487 e. The van der Waals surface area contributed by atoms with Gasteiger partial charge in [-0.15, -0.1) is 0 Å². The molecule has 3 amide bonds. The smallest absolute Gasteiger partial charge is 0.329 e. The van der Waals surface area contributed by atoms with Crippen LogP contribution in [0, 0.1) is 17.1 Å². The number of fused-ring (bicyclic) bond motifs is 1. The second kappa shape index (κ2) is 11.3. The summed E-state index contributed by atoms with van der Waals surface area (Å²) in [4.78, 5) is 32.2. The number of imide groups is 1. The van der Waals surface area contributed by atoms with Gasteiger partial charge in [0.1, 0.15) is 35.9 Å². The Morgan fingerprint density at radius 3 is 2.74 bits per heavy atom. The van der Waals surface area contributed by atoms with Crippen LogP contribution in [0.25, 0.3) is 11.4 Å². The molecule has 9 nitrogen and oxygen atoms in total. The SMILES string of the molecule is Cn1c(N2CCC(=O)NC2=O)cnc1-c1ccc2c(c1)CN(Cc1ccc(OCc3c(F)cccc3Cl)c(C#N)c1)C2. The van der Waals surface area contributed by atoms with Crippen LogP contribution in [-0.2, 0) is 38.1 Å². The molecule has 42 heavy (non-hydrogen) atoms. The predicted molar refractivity (Wildman–Crippen MR) is 154 cm³/mol. The topological polar surface area (TPSA) is 103 Å². The summed E-state index contributed by atoms with van der Waals surface area (Å²) in [5.74, 6) is 0.986. The van der Waals surface area contributed by atoms with Gasteiger partial charge in [-0.2, -0.15) is 5.26 Å². The Balaban J connectivity index is 1.13. The molecule has 0 radical (unpaired) electrons. The highest BCUT2D eigenvalue weighted by atomic mass is 35.5. The van der Waals surface area contributed by atoms with Crippen molar-refractivity contribution in [3.8, 4) is 23.2 Å². The molecular formula is C31H26ClFN6O3. The summed E-state index contributed by atoms with van der Waals surface area (Å²) in [6.45, 7) is 2.35. The van der Waals surface area contributed by atoms with E-state index in [1.807, 2.05) is 23.7 Å². The fourth-order valence-electron chi connectivity index (χ4n) is 5.39. The molecule has 212 valence electrons. The molecule has 1 fully saturated rings. The first-order chi connectivity index (χ1) is 20.3. The Hall–Kier alpha value is -4.72. The van der Waals surface area contributed by atoms with Gasteiger partial charge in [0.25, 0.3) is 0 Å². The van der Waals surface area contributed by atoms with Gasteiger partial charge in [-0.05, 0) is 47.0 Å². The number of nitrogens with one attached hydrogen (secondary N) is 1. The number of carbonyl (C=O) groups is 2. The summed E-state index contributed by atoms with van der Waals surface area (Å²) in [6.07, 6.45) is 1.89. The normalized spacial score (nSPS) is 15.0. The first-order valence-electron chi connectivity index (χ1n) is 13.4. The number of imidazole rings is 1. The maximum atomic E-state index is 14.1. The quantitative estimate of drug-likeness (QED) is 0.316. The van der Waals surface area contributed by atoms with Gasteiger partial charge in [0.15, 0.2) is 0 Å². The molecule has 0 unspecified atom stereocenters. The second-order valence-corrected chi connectivity index (χ2v) is 10.7. The monoisotopic (exact) mass is 584 g/mol. The maximum absolute atomic E-state index is 14.1. The maximum Gasteiger partial charge on any atom is 0.329 e. The van der Waals surface area contributed by atoms with Crippen LogP contribution in [0.3, 0.4) is 0 Å². The lowest BCUT2D eigenvalue weighted by atomic mass is 10.1. The number of benzene rings is 3. The van der Waals surface area contributed by atoms with E-state index in [-0.39, 0.29) is 29.5 Å². The number of ether oxygens (including phenoxy) is 1. The first-order valence-corrected chi connectivity index (χ1v) is 13.7. The van der Waals surface area contributed by atoms with Gasteiger partial charge >= 0.3 is 6.03 Å². The summed E-state index contributed by atoms with van der Waals surface area (Å²) in [6, 6.07) is 17.9. The molecule has 3 heterocycles. The number of anilines is 1. The summed E-state index contributed by atoms with van der Waals surface area (Å²) in [5.41, 5.74) is 4.90. The average Bonchev–Trinajstić information content (AvgIpc) is 3.55. The number of hydrogen-bond acceptors (Lipinski definition) is 6. The molecule has 6 rings (SSSR count). The molecule has 0 saturated carbocycles. The van der Waals surface area contributed by atoms with E-state index in [4.69, 9.17) is 16.3 Å². The lowest BCUT2D eigenvalue weighted by molar-refractivity contribution is -0.120. The fourth-order valence-corrected chi connectivity index (χ4v) is 5.60. The standard InChI is InChI=1S/C31H26ClFN6O3/c1-37-29(39-10-9-28(40)36-31(39)41)14-35-30(37)20-6-7-21-16-38(17-23(21)12-20)15-19-5-8-27(22(11-19)13-34)42-18-24-25(32)3-2-4-26(24)33/h2-8,11-12,14H,9-10,15-18H2,1H3,(H,36,40,41). The minimum absolute atomic E-state index is 0.0777. The number of amides is 3. The highest BCUT2D eigenvalue weighted by Gasteiger charge is 2.28. The summed E-state index contributed by atoms with van der Waals surface area (Å²) in [5, 5.41) is 12.4. The van der Waals surface area contributed by atoms with E-state index in [0.29, 0.717) is 30.2 Å². The Labute approximate surface area is 246 Å². The molecular weight excluding hydrogens is 559 g/mol. The number of halogens is 2. The highest BCUT2D eigenvalue weighted by Crippen LogP contribution is 2.32. The molecule has 0 bridgehead atoms. The van der Waals surface area contributed by atoms with Crippen molar-refractivity contribution < 1.29 is 18.7 Å². The Morgan fingerprint density at radius 1 is 1.12 bits per heavy atom. The number of aromatic nitrogens is 2. The van der Waals surface area contributed by atoms with Crippen molar-refractivity contribution in [1.29, 1.82) is 5.26 Å². The summed E-state index contributed by atoms with van der Waals surface area (Å²) in [7, 11) is 1.85. The van der Waals surface area contributed by atoms with E-state index < -0.39 is 11.8 Å². The number of rotatable bonds is 7. The Kier molecular flexibility index (Phi) is 7.37. The van der Waals surface area contributed by atoms with E-state index in [0.717, 1.165) is 30.0 Å². The molecule has 1 saturated heterocycles. The third kappa shape index (κ3) is 5.32. The van der Waals surface area contributed by atoms with Gasteiger partial charge < -0.3 is 9.30 Å². The zero-order valence-corrected chi connectivity index (χ0v) is 23.5. The molecule has 4 aromatic rings. The van der Waals surface area contributed by atoms with Crippen LogP contribution in [-0.4, -0.2) is 32.9 Å². The van der Waals surface area contributed by atoms with Gasteiger partial charge in [0, 0.05) is 50.8 Å². The van der Waals surface area contributed by atoms with Gasteiger partial charge in [-0.25, -0.2) is 14.2 Å². The van der Waals surface area contributed by atoms with Crippen molar-refractivity contribution in [3.63, 3.8) is 0 Å². The summed E-state index contributed by atoms with van der Waals surface area (Å²) < 4.78 is 21.7. The highest BCUT2D eigenvalue weighted by molar-refractivity contribution is 6.31. The molecule has 3 aromatic carbocycles. The number of urea groups is 1. The molecule has 1 N–H and O–H groups in total. The molecule has 0 aliphatic carbocycles.